The lowest BCUT2D eigenvalue weighted by Gasteiger charge is -2.21. The molecule has 0 radical (unpaired) electrons. The van der Waals surface area contributed by atoms with Gasteiger partial charge in [0.25, 0.3) is 5.91 Å². The Morgan fingerprint density at radius 3 is 3.13 bits per heavy atom. The van der Waals surface area contributed by atoms with E-state index >= 15 is 0 Å². The van der Waals surface area contributed by atoms with Gasteiger partial charge in [0.1, 0.15) is 0 Å². The highest BCUT2D eigenvalue weighted by Crippen LogP contribution is 2.24. The maximum absolute atomic E-state index is 11.6. The third-order valence-electron chi connectivity index (χ3n) is 2.51. The molecule has 0 aliphatic carbocycles. The molecule has 0 spiro atoms. The van der Waals surface area contributed by atoms with Crippen LogP contribution in [0.3, 0.4) is 0 Å². The van der Waals surface area contributed by atoms with Gasteiger partial charge in [0.05, 0.1) is 4.88 Å². The second-order valence-corrected chi connectivity index (χ2v) is 6.03. The summed E-state index contributed by atoms with van der Waals surface area (Å²) in [4.78, 5) is 12.5. The fraction of sp³-hybridized carbons (Fsp3) is 0.545. The van der Waals surface area contributed by atoms with Gasteiger partial charge in [0, 0.05) is 11.8 Å². The van der Waals surface area contributed by atoms with Crippen LogP contribution in [0, 0.1) is 0 Å². The van der Waals surface area contributed by atoms with E-state index in [4.69, 9.17) is 0 Å². The van der Waals surface area contributed by atoms with Crippen molar-refractivity contribution < 1.29 is 4.79 Å². The van der Waals surface area contributed by atoms with Gasteiger partial charge in [-0.15, -0.1) is 11.3 Å². The molecule has 1 fully saturated rings. The van der Waals surface area contributed by atoms with Crippen molar-refractivity contribution in [3.05, 3.63) is 22.4 Å². The van der Waals surface area contributed by atoms with E-state index in [0.717, 1.165) is 11.4 Å². The average Bonchev–Trinajstić information content (AvgIpc) is 2.81. The van der Waals surface area contributed by atoms with Crippen molar-refractivity contribution in [3.8, 4) is 0 Å². The van der Waals surface area contributed by atoms with Crippen LogP contribution in [0.15, 0.2) is 17.5 Å². The summed E-state index contributed by atoms with van der Waals surface area (Å²) in [6.07, 6.45) is 3.89. The normalized spacial score (nSPS) is 21.2. The van der Waals surface area contributed by atoms with E-state index < -0.39 is 0 Å². The highest BCUT2D eigenvalue weighted by Gasteiger charge is 2.15. The molecule has 2 rings (SSSR count). The summed E-state index contributed by atoms with van der Waals surface area (Å²) in [5.41, 5.74) is 0. The number of carbonyl (C=O) groups is 1. The van der Waals surface area contributed by atoms with Gasteiger partial charge in [0.2, 0.25) is 0 Å². The molecule has 4 heteroatoms. The lowest BCUT2D eigenvalue weighted by Crippen LogP contribution is -2.31. The van der Waals surface area contributed by atoms with Gasteiger partial charge in [-0.25, -0.2) is 0 Å². The molecule has 1 unspecified atom stereocenters. The van der Waals surface area contributed by atoms with Crippen LogP contribution in [0.1, 0.15) is 28.9 Å². The van der Waals surface area contributed by atoms with Crippen LogP contribution in [-0.4, -0.2) is 23.5 Å². The molecule has 1 aliphatic heterocycles. The van der Waals surface area contributed by atoms with Crippen molar-refractivity contribution in [2.75, 3.05) is 12.3 Å². The van der Waals surface area contributed by atoms with Crippen molar-refractivity contribution in [3.63, 3.8) is 0 Å². The minimum absolute atomic E-state index is 0.0798. The third kappa shape index (κ3) is 3.24. The number of rotatable bonds is 3. The van der Waals surface area contributed by atoms with E-state index in [1.807, 2.05) is 29.3 Å². The van der Waals surface area contributed by atoms with Crippen LogP contribution in [0.2, 0.25) is 0 Å². The van der Waals surface area contributed by atoms with Crippen molar-refractivity contribution in [2.45, 2.75) is 24.5 Å². The Morgan fingerprint density at radius 2 is 2.47 bits per heavy atom. The number of nitrogens with one attached hydrogen (secondary N) is 1. The summed E-state index contributed by atoms with van der Waals surface area (Å²) in [5.74, 6) is 1.33. The summed E-state index contributed by atoms with van der Waals surface area (Å²) in [6, 6.07) is 3.78. The maximum Gasteiger partial charge on any atom is 0.261 e. The second kappa shape index (κ2) is 5.56. The first-order chi connectivity index (χ1) is 7.36. The van der Waals surface area contributed by atoms with Crippen molar-refractivity contribution in [2.24, 2.45) is 0 Å². The van der Waals surface area contributed by atoms with Gasteiger partial charge in [0.15, 0.2) is 0 Å². The van der Waals surface area contributed by atoms with Gasteiger partial charge < -0.3 is 5.32 Å². The zero-order valence-electron chi connectivity index (χ0n) is 8.57. The van der Waals surface area contributed by atoms with E-state index in [1.54, 1.807) is 0 Å². The molecule has 1 aliphatic rings. The van der Waals surface area contributed by atoms with E-state index in [1.165, 1.54) is 36.4 Å². The zero-order chi connectivity index (χ0) is 10.5. The highest BCUT2D eigenvalue weighted by molar-refractivity contribution is 7.99. The first kappa shape index (κ1) is 11.0. The van der Waals surface area contributed by atoms with Gasteiger partial charge in [-0.3, -0.25) is 4.79 Å². The molecule has 1 N–H and O–H groups in total. The van der Waals surface area contributed by atoms with Crippen LogP contribution >= 0.6 is 23.1 Å². The molecule has 0 bridgehead atoms. The number of carbonyl (C=O) groups excluding carboxylic acids is 1. The van der Waals surface area contributed by atoms with Crippen molar-refractivity contribution >= 4 is 29.0 Å². The Labute approximate surface area is 98.5 Å². The highest BCUT2D eigenvalue weighted by atomic mass is 32.2. The first-order valence-electron chi connectivity index (χ1n) is 5.29. The first-order valence-corrected chi connectivity index (χ1v) is 7.22. The molecule has 82 valence electrons. The second-order valence-electron chi connectivity index (χ2n) is 3.68. The number of hydrogen-bond donors (Lipinski definition) is 1. The predicted octanol–water partition coefficient (Wildman–Crippen LogP) is 2.76. The Morgan fingerprint density at radius 1 is 1.53 bits per heavy atom. The molecule has 1 atom stereocenters. The lowest BCUT2D eigenvalue weighted by atomic mass is 10.2. The third-order valence-corrected chi connectivity index (χ3v) is 4.78. The number of hydrogen-bond acceptors (Lipinski definition) is 3. The van der Waals surface area contributed by atoms with Gasteiger partial charge in [-0.2, -0.15) is 11.8 Å². The molecular weight excluding hydrogens is 226 g/mol. The average molecular weight is 241 g/mol. The molecule has 1 amide bonds. The van der Waals surface area contributed by atoms with Crippen LogP contribution in [0.5, 0.6) is 0 Å². The summed E-state index contributed by atoms with van der Waals surface area (Å²) in [6.45, 7) is 0.821. The molecule has 0 aromatic carbocycles. The van der Waals surface area contributed by atoms with Crippen LogP contribution in [0.25, 0.3) is 0 Å². The van der Waals surface area contributed by atoms with E-state index in [0.29, 0.717) is 5.25 Å². The maximum atomic E-state index is 11.6. The molecule has 15 heavy (non-hydrogen) atoms. The van der Waals surface area contributed by atoms with Crippen LogP contribution < -0.4 is 5.32 Å². The van der Waals surface area contributed by atoms with Crippen molar-refractivity contribution in [1.82, 2.24) is 5.32 Å². The topological polar surface area (TPSA) is 29.1 Å². The Bertz CT molecular complexity index is 304. The Balaban J connectivity index is 1.75. The molecule has 1 aromatic heterocycles. The molecule has 1 saturated heterocycles. The minimum atomic E-state index is 0.0798. The van der Waals surface area contributed by atoms with Crippen LogP contribution in [-0.2, 0) is 0 Å². The fourth-order valence-electron chi connectivity index (χ4n) is 1.67. The van der Waals surface area contributed by atoms with E-state index in [-0.39, 0.29) is 5.91 Å². The minimum Gasteiger partial charge on any atom is -0.350 e. The predicted molar refractivity (Wildman–Crippen MR) is 66.7 cm³/mol. The molecule has 2 heterocycles. The smallest absolute Gasteiger partial charge is 0.261 e. The van der Waals surface area contributed by atoms with Crippen LogP contribution in [0.4, 0.5) is 0 Å². The number of amides is 1. The van der Waals surface area contributed by atoms with E-state index in [9.17, 15) is 4.79 Å². The van der Waals surface area contributed by atoms with E-state index in [2.05, 4.69) is 5.32 Å². The van der Waals surface area contributed by atoms with Gasteiger partial charge in [-0.05, 0) is 30.0 Å². The number of thiophene rings is 1. The quantitative estimate of drug-likeness (QED) is 0.881. The molecular formula is C11H15NOS2. The van der Waals surface area contributed by atoms with Gasteiger partial charge in [-0.1, -0.05) is 12.5 Å². The monoisotopic (exact) mass is 241 g/mol. The molecule has 2 nitrogen and oxygen atoms in total. The standard InChI is InChI=1S/C11H15NOS2/c13-11(10-5-3-7-15-10)12-8-9-4-1-2-6-14-9/h3,5,7,9H,1-2,4,6,8H2,(H,12,13). The summed E-state index contributed by atoms with van der Waals surface area (Å²) in [5, 5.41) is 5.57. The zero-order valence-corrected chi connectivity index (χ0v) is 10.2. The summed E-state index contributed by atoms with van der Waals surface area (Å²) < 4.78 is 0. The lowest BCUT2D eigenvalue weighted by molar-refractivity contribution is 0.0957. The number of thioether (sulfide) groups is 1. The Kier molecular flexibility index (Phi) is 4.09. The molecule has 1 aromatic rings. The largest absolute Gasteiger partial charge is 0.350 e. The fourth-order valence-corrected chi connectivity index (χ4v) is 3.55. The van der Waals surface area contributed by atoms with Gasteiger partial charge >= 0.3 is 0 Å². The Hall–Kier alpha value is -0.480. The van der Waals surface area contributed by atoms with Crippen molar-refractivity contribution in [1.29, 1.82) is 0 Å². The SMILES string of the molecule is O=C(NCC1CCCCS1)c1cccs1. The summed E-state index contributed by atoms with van der Waals surface area (Å²) >= 11 is 3.49. The molecule has 0 saturated carbocycles. The summed E-state index contributed by atoms with van der Waals surface area (Å²) in [7, 11) is 0.